The third kappa shape index (κ3) is 2.82. The van der Waals surface area contributed by atoms with Gasteiger partial charge in [-0.1, -0.05) is 0 Å². The molecule has 0 radical (unpaired) electrons. The summed E-state index contributed by atoms with van der Waals surface area (Å²) in [6, 6.07) is 2.00. The second kappa shape index (κ2) is 7.04. The number of aromatic nitrogens is 7. The molecular formula is C18H21N9O. The maximum Gasteiger partial charge on any atom is 0.165 e. The molecule has 0 amide bonds. The summed E-state index contributed by atoms with van der Waals surface area (Å²) in [4.78, 5) is 22.6. The predicted octanol–water partition coefficient (Wildman–Crippen LogP) is 0.842. The number of imidazole rings is 1. The van der Waals surface area contributed by atoms with Gasteiger partial charge in [-0.15, -0.1) is 0 Å². The Morgan fingerprint density at radius 3 is 2.61 bits per heavy atom. The first kappa shape index (κ1) is 16.9. The lowest BCUT2D eigenvalue weighted by Gasteiger charge is -2.36. The second-order valence-electron chi connectivity index (χ2n) is 6.69. The Morgan fingerprint density at radius 2 is 1.79 bits per heavy atom. The van der Waals surface area contributed by atoms with Crippen LogP contribution in [0.2, 0.25) is 0 Å². The van der Waals surface area contributed by atoms with E-state index < -0.39 is 0 Å². The molecule has 4 aromatic heterocycles. The van der Waals surface area contributed by atoms with Crippen LogP contribution in [0.15, 0.2) is 37.3 Å². The molecule has 0 N–H and O–H groups in total. The Morgan fingerprint density at radius 1 is 0.964 bits per heavy atom. The quantitative estimate of drug-likeness (QED) is 0.504. The topological polar surface area (TPSA) is 89.5 Å². The van der Waals surface area contributed by atoms with Crippen LogP contribution >= 0.6 is 0 Å². The number of piperazine rings is 1. The highest BCUT2D eigenvalue weighted by molar-refractivity contribution is 5.83. The summed E-state index contributed by atoms with van der Waals surface area (Å²) in [6.07, 6.45) is 8.88. The number of fused-ring (bicyclic) bond motifs is 2. The maximum absolute atomic E-state index is 5.17. The molecule has 4 aromatic rings. The van der Waals surface area contributed by atoms with E-state index >= 15 is 0 Å². The zero-order valence-electron chi connectivity index (χ0n) is 15.6. The fraction of sp³-hybridized carbons (Fsp3) is 0.389. The monoisotopic (exact) mass is 379 g/mol. The second-order valence-corrected chi connectivity index (χ2v) is 6.69. The Bertz CT molecular complexity index is 1100. The molecule has 0 spiro atoms. The van der Waals surface area contributed by atoms with E-state index in [1.54, 1.807) is 25.8 Å². The van der Waals surface area contributed by atoms with Crippen molar-refractivity contribution in [3.05, 3.63) is 37.3 Å². The first-order chi connectivity index (χ1) is 13.8. The summed E-state index contributed by atoms with van der Waals surface area (Å²) in [5.74, 6) is 1.85. The highest BCUT2D eigenvalue weighted by Crippen LogP contribution is 2.25. The molecule has 10 heteroatoms. The van der Waals surface area contributed by atoms with E-state index in [9.17, 15) is 0 Å². The normalized spacial score (nSPS) is 15.0. The number of hydrogen-bond acceptors (Lipinski definition) is 8. The Labute approximate surface area is 161 Å². The van der Waals surface area contributed by atoms with Gasteiger partial charge >= 0.3 is 0 Å². The molecule has 0 unspecified atom stereocenters. The molecule has 0 atom stereocenters. The van der Waals surface area contributed by atoms with Gasteiger partial charge in [0.1, 0.15) is 11.8 Å². The van der Waals surface area contributed by atoms with E-state index in [1.807, 2.05) is 27.7 Å². The van der Waals surface area contributed by atoms with Gasteiger partial charge in [-0.05, 0) is 6.07 Å². The van der Waals surface area contributed by atoms with E-state index in [2.05, 4.69) is 34.8 Å². The van der Waals surface area contributed by atoms with E-state index in [0.29, 0.717) is 6.61 Å². The average Bonchev–Trinajstić information content (AvgIpc) is 3.39. The van der Waals surface area contributed by atoms with Crippen molar-refractivity contribution in [1.29, 1.82) is 0 Å². The summed E-state index contributed by atoms with van der Waals surface area (Å²) in [6.45, 7) is 4.73. The standard InChI is InChI=1S/C18H21N9O/c1-28-11-10-26-13-22-15-17(20-12-21-18(15)26)25-8-6-24(7-9-25)16-14-2-3-23-27(14)5-4-19-16/h2-5,12-13H,6-11H2,1H3. The van der Waals surface area contributed by atoms with Crippen molar-refractivity contribution in [1.82, 2.24) is 34.1 Å². The fourth-order valence-corrected chi connectivity index (χ4v) is 3.67. The Balaban J connectivity index is 1.37. The number of hydrogen-bond donors (Lipinski definition) is 0. The van der Waals surface area contributed by atoms with Crippen LogP contribution in [0.3, 0.4) is 0 Å². The van der Waals surface area contributed by atoms with Gasteiger partial charge in [0.2, 0.25) is 0 Å². The predicted molar refractivity (Wildman–Crippen MR) is 105 cm³/mol. The van der Waals surface area contributed by atoms with Crippen LogP contribution in [0.5, 0.6) is 0 Å². The molecule has 1 aliphatic rings. The zero-order chi connectivity index (χ0) is 18.9. The molecule has 5 heterocycles. The number of nitrogens with zero attached hydrogens (tertiary/aromatic N) is 9. The summed E-state index contributed by atoms with van der Waals surface area (Å²) < 4.78 is 9.03. The van der Waals surface area contributed by atoms with Gasteiger partial charge in [-0.3, -0.25) is 0 Å². The van der Waals surface area contributed by atoms with E-state index in [-0.39, 0.29) is 0 Å². The van der Waals surface area contributed by atoms with Crippen molar-refractivity contribution < 1.29 is 4.74 Å². The van der Waals surface area contributed by atoms with Crippen LogP contribution in [0.1, 0.15) is 0 Å². The number of rotatable bonds is 5. The first-order valence-electron chi connectivity index (χ1n) is 9.28. The van der Waals surface area contributed by atoms with Crippen molar-refractivity contribution in [2.24, 2.45) is 0 Å². The van der Waals surface area contributed by atoms with Gasteiger partial charge in [0.15, 0.2) is 22.8 Å². The zero-order valence-corrected chi connectivity index (χ0v) is 15.6. The third-order valence-corrected chi connectivity index (χ3v) is 5.10. The minimum atomic E-state index is 0.622. The van der Waals surface area contributed by atoms with E-state index in [0.717, 1.165) is 61.0 Å². The van der Waals surface area contributed by atoms with Gasteiger partial charge < -0.3 is 19.1 Å². The lowest BCUT2D eigenvalue weighted by Crippen LogP contribution is -2.47. The molecule has 0 aliphatic carbocycles. The number of methoxy groups -OCH3 is 1. The summed E-state index contributed by atoms with van der Waals surface area (Å²) in [7, 11) is 1.69. The molecular weight excluding hydrogens is 358 g/mol. The largest absolute Gasteiger partial charge is 0.383 e. The molecule has 0 saturated carbocycles. The van der Waals surface area contributed by atoms with Crippen LogP contribution in [-0.2, 0) is 11.3 Å². The Hall–Kier alpha value is -3.27. The van der Waals surface area contributed by atoms with Crippen LogP contribution in [0.25, 0.3) is 16.7 Å². The molecule has 0 aromatic carbocycles. The Kier molecular flexibility index (Phi) is 4.24. The molecule has 28 heavy (non-hydrogen) atoms. The minimum Gasteiger partial charge on any atom is -0.383 e. The highest BCUT2D eigenvalue weighted by Gasteiger charge is 2.23. The molecule has 144 valence electrons. The molecule has 1 saturated heterocycles. The van der Waals surface area contributed by atoms with Crippen molar-refractivity contribution in [3.63, 3.8) is 0 Å². The van der Waals surface area contributed by atoms with Crippen molar-refractivity contribution >= 4 is 28.3 Å². The summed E-state index contributed by atoms with van der Waals surface area (Å²) in [5, 5.41) is 4.30. The van der Waals surface area contributed by atoms with Gasteiger partial charge in [0.25, 0.3) is 0 Å². The molecule has 5 rings (SSSR count). The smallest absolute Gasteiger partial charge is 0.165 e. The highest BCUT2D eigenvalue weighted by atomic mass is 16.5. The minimum absolute atomic E-state index is 0.622. The van der Waals surface area contributed by atoms with Gasteiger partial charge in [0, 0.05) is 52.2 Å². The van der Waals surface area contributed by atoms with Crippen LogP contribution < -0.4 is 9.80 Å². The van der Waals surface area contributed by atoms with Gasteiger partial charge in [-0.25, -0.2) is 24.5 Å². The van der Waals surface area contributed by atoms with Crippen molar-refractivity contribution in [3.8, 4) is 0 Å². The lowest BCUT2D eigenvalue weighted by atomic mass is 10.3. The van der Waals surface area contributed by atoms with Gasteiger partial charge in [0.05, 0.1) is 19.1 Å². The summed E-state index contributed by atoms with van der Waals surface area (Å²) >= 11 is 0. The van der Waals surface area contributed by atoms with Crippen LogP contribution in [0, 0.1) is 0 Å². The van der Waals surface area contributed by atoms with E-state index in [1.165, 1.54) is 0 Å². The number of anilines is 2. The lowest BCUT2D eigenvalue weighted by molar-refractivity contribution is 0.188. The average molecular weight is 379 g/mol. The van der Waals surface area contributed by atoms with Crippen LogP contribution in [-0.4, -0.2) is 74.0 Å². The molecule has 0 bridgehead atoms. The summed E-state index contributed by atoms with van der Waals surface area (Å²) in [5.41, 5.74) is 2.70. The van der Waals surface area contributed by atoms with Crippen molar-refractivity contribution in [2.75, 3.05) is 49.7 Å². The third-order valence-electron chi connectivity index (χ3n) is 5.10. The van der Waals surface area contributed by atoms with Gasteiger partial charge in [-0.2, -0.15) is 5.10 Å². The molecule has 10 nitrogen and oxygen atoms in total. The molecule has 1 aliphatic heterocycles. The van der Waals surface area contributed by atoms with Crippen LogP contribution in [0.4, 0.5) is 11.6 Å². The first-order valence-corrected chi connectivity index (χ1v) is 9.28. The fourth-order valence-electron chi connectivity index (χ4n) is 3.67. The number of ether oxygens (including phenoxy) is 1. The molecule has 1 fully saturated rings. The van der Waals surface area contributed by atoms with Crippen molar-refractivity contribution in [2.45, 2.75) is 6.54 Å². The maximum atomic E-state index is 5.17. The SMILES string of the molecule is COCCn1cnc2c(N3CCN(c4nccn5nccc45)CC3)ncnc21. The van der Waals surface area contributed by atoms with E-state index in [4.69, 9.17) is 4.74 Å².